The van der Waals surface area contributed by atoms with Gasteiger partial charge in [-0.05, 0) is 23.9 Å². The van der Waals surface area contributed by atoms with E-state index in [1.807, 2.05) is 18.4 Å². The van der Waals surface area contributed by atoms with Crippen LogP contribution in [0.25, 0.3) is 0 Å². The van der Waals surface area contributed by atoms with Gasteiger partial charge in [0, 0.05) is 0 Å². The molecule has 0 aliphatic carbocycles. The second-order valence-corrected chi connectivity index (χ2v) is 2.97. The van der Waals surface area contributed by atoms with E-state index in [9.17, 15) is 0 Å². The summed E-state index contributed by atoms with van der Waals surface area (Å²) in [6, 6.07) is 1.95. The van der Waals surface area contributed by atoms with Gasteiger partial charge < -0.3 is 0 Å². The van der Waals surface area contributed by atoms with Crippen molar-refractivity contribution in [1.29, 1.82) is 0 Å². The normalized spacial score (nSPS) is 9.43. The zero-order valence-electron chi connectivity index (χ0n) is 3.94. The first-order valence-electron chi connectivity index (χ1n) is 1.99. The number of halogens is 1. The fourth-order valence-corrected chi connectivity index (χ4v) is 1.32. The first-order valence-corrected chi connectivity index (χ1v) is 3.25. The highest BCUT2D eigenvalue weighted by molar-refractivity contribution is 7.14. The maximum absolute atomic E-state index is 5.58. The van der Waals surface area contributed by atoms with Gasteiger partial charge in [-0.2, -0.15) is 0 Å². The lowest BCUT2D eigenvalue weighted by Crippen LogP contribution is -1.49. The first-order chi connectivity index (χ1) is 3.29. The van der Waals surface area contributed by atoms with E-state index in [1.165, 1.54) is 5.56 Å². The first kappa shape index (κ1) is 5.13. The summed E-state index contributed by atoms with van der Waals surface area (Å²) >= 11 is 7.15. The molecule has 7 heavy (non-hydrogen) atoms. The van der Waals surface area contributed by atoms with Gasteiger partial charge in [0.2, 0.25) is 0 Å². The smallest absolute Gasteiger partial charge is 0.0931 e. The van der Waals surface area contributed by atoms with Gasteiger partial charge in [0.1, 0.15) is 0 Å². The molecule has 0 aliphatic rings. The average molecular weight is 133 g/mol. The fraction of sp³-hybridized carbons (Fsp3) is 0.200. The Morgan fingerprint density at radius 2 is 2.43 bits per heavy atom. The summed E-state index contributed by atoms with van der Waals surface area (Å²) in [7, 11) is 0. The Labute approximate surface area is 51.7 Å². The van der Waals surface area contributed by atoms with Crippen molar-refractivity contribution in [2.24, 2.45) is 0 Å². The molecule has 0 fully saturated rings. The van der Waals surface area contributed by atoms with Gasteiger partial charge in [-0.25, -0.2) is 0 Å². The van der Waals surface area contributed by atoms with E-state index in [0.717, 1.165) is 4.34 Å². The van der Waals surface area contributed by atoms with Gasteiger partial charge in [-0.3, -0.25) is 0 Å². The quantitative estimate of drug-likeness (QED) is 0.509. The summed E-state index contributed by atoms with van der Waals surface area (Å²) < 4.78 is 0.873. The average Bonchev–Trinajstić information content (AvgIpc) is 1.87. The largest absolute Gasteiger partial charge is 0.132 e. The molecule has 0 radical (unpaired) electrons. The molecule has 0 aliphatic heterocycles. The van der Waals surface area contributed by atoms with Crippen LogP contribution >= 0.6 is 22.9 Å². The highest BCUT2D eigenvalue weighted by Crippen LogP contribution is 2.18. The standard InChI is InChI=1S/C5H5ClS/c1-4-2-5(6)7-3-4/h2-3H,1H3. The third-order valence-corrected chi connectivity index (χ3v) is 1.91. The number of thiophene rings is 1. The number of hydrogen-bond donors (Lipinski definition) is 0. The van der Waals surface area contributed by atoms with Crippen LogP contribution in [0.4, 0.5) is 0 Å². The van der Waals surface area contributed by atoms with Crippen molar-refractivity contribution in [1.82, 2.24) is 0 Å². The predicted molar refractivity (Wildman–Crippen MR) is 34.1 cm³/mol. The molecule has 0 nitrogen and oxygen atoms in total. The zero-order valence-corrected chi connectivity index (χ0v) is 5.51. The molecule has 0 saturated carbocycles. The monoisotopic (exact) mass is 132 g/mol. The molecule has 0 unspecified atom stereocenters. The van der Waals surface area contributed by atoms with Crippen LogP contribution in [0.2, 0.25) is 4.34 Å². The minimum atomic E-state index is 0.873. The van der Waals surface area contributed by atoms with Crippen LogP contribution in [0.15, 0.2) is 11.4 Å². The van der Waals surface area contributed by atoms with Crippen LogP contribution in [0.5, 0.6) is 0 Å². The van der Waals surface area contributed by atoms with Gasteiger partial charge >= 0.3 is 0 Å². The molecule has 0 saturated heterocycles. The van der Waals surface area contributed by atoms with Crippen molar-refractivity contribution >= 4 is 22.9 Å². The minimum Gasteiger partial charge on any atom is -0.132 e. The molecule has 1 heterocycles. The topological polar surface area (TPSA) is 0 Å². The van der Waals surface area contributed by atoms with E-state index in [1.54, 1.807) is 11.3 Å². The van der Waals surface area contributed by atoms with Crippen LogP contribution in [0.3, 0.4) is 0 Å². The van der Waals surface area contributed by atoms with E-state index >= 15 is 0 Å². The van der Waals surface area contributed by atoms with Crippen molar-refractivity contribution in [2.75, 3.05) is 0 Å². The van der Waals surface area contributed by atoms with Gasteiger partial charge in [0.15, 0.2) is 0 Å². The van der Waals surface area contributed by atoms with Gasteiger partial charge in [0.05, 0.1) is 4.34 Å². The van der Waals surface area contributed by atoms with Gasteiger partial charge in [-0.15, -0.1) is 11.3 Å². The molecule has 0 spiro atoms. The molecular formula is C5H5ClS. The van der Waals surface area contributed by atoms with E-state index in [4.69, 9.17) is 11.6 Å². The number of aryl methyl sites for hydroxylation is 1. The molecule has 0 atom stereocenters. The molecule has 0 amide bonds. The van der Waals surface area contributed by atoms with Crippen LogP contribution < -0.4 is 0 Å². The second-order valence-electron chi connectivity index (χ2n) is 1.43. The van der Waals surface area contributed by atoms with Crippen molar-refractivity contribution in [3.05, 3.63) is 21.3 Å². The molecule has 0 bridgehead atoms. The maximum Gasteiger partial charge on any atom is 0.0931 e. The van der Waals surface area contributed by atoms with Crippen molar-refractivity contribution in [3.63, 3.8) is 0 Å². The lowest BCUT2D eigenvalue weighted by molar-refractivity contribution is 1.56. The Hall–Kier alpha value is -0.0100. The van der Waals surface area contributed by atoms with Crippen molar-refractivity contribution in [3.8, 4) is 0 Å². The Bertz CT molecular complexity index is 140. The lowest BCUT2D eigenvalue weighted by Gasteiger charge is -1.68. The Balaban J connectivity index is 3.04. The van der Waals surface area contributed by atoms with Crippen LogP contribution in [-0.4, -0.2) is 0 Å². The highest BCUT2D eigenvalue weighted by Gasteiger charge is 1.86. The van der Waals surface area contributed by atoms with E-state index in [0.29, 0.717) is 0 Å². The SMILES string of the molecule is Cc1csc(Cl)c1. The van der Waals surface area contributed by atoms with E-state index in [2.05, 4.69) is 0 Å². The van der Waals surface area contributed by atoms with Crippen LogP contribution in [0, 0.1) is 6.92 Å². The van der Waals surface area contributed by atoms with Crippen molar-refractivity contribution in [2.45, 2.75) is 6.92 Å². The van der Waals surface area contributed by atoms with Crippen molar-refractivity contribution < 1.29 is 0 Å². The van der Waals surface area contributed by atoms with E-state index in [-0.39, 0.29) is 0 Å². The molecule has 38 valence electrons. The summed E-state index contributed by atoms with van der Waals surface area (Å²) in [4.78, 5) is 0. The molecule has 1 aromatic heterocycles. The summed E-state index contributed by atoms with van der Waals surface area (Å²) in [6.07, 6.45) is 0. The van der Waals surface area contributed by atoms with E-state index < -0.39 is 0 Å². The zero-order chi connectivity index (χ0) is 5.28. The third-order valence-electron chi connectivity index (χ3n) is 0.699. The Kier molecular flexibility index (Phi) is 1.35. The number of hydrogen-bond acceptors (Lipinski definition) is 1. The highest BCUT2D eigenvalue weighted by atomic mass is 35.5. The molecular weight excluding hydrogens is 128 g/mol. The number of rotatable bonds is 0. The van der Waals surface area contributed by atoms with Gasteiger partial charge in [0.25, 0.3) is 0 Å². The summed E-state index contributed by atoms with van der Waals surface area (Å²) in [6.45, 7) is 2.03. The fourth-order valence-electron chi connectivity index (χ4n) is 0.396. The summed E-state index contributed by atoms with van der Waals surface area (Å²) in [5.74, 6) is 0. The molecule has 1 rings (SSSR count). The predicted octanol–water partition coefficient (Wildman–Crippen LogP) is 2.71. The molecule has 0 N–H and O–H groups in total. The van der Waals surface area contributed by atoms with Gasteiger partial charge in [-0.1, -0.05) is 11.6 Å². The van der Waals surface area contributed by atoms with Crippen LogP contribution in [-0.2, 0) is 0 Å². The summed E-state index contributed by atoms with van der Waals surface area (Å²) in [5.41, 5.74) is 1.25. The lowest BCUT2D eigenvalue weighted by atomic mass is 10.4. The molecule has 1 aromatic rings. The maximum atomic E-state index is 5.58. The molecule has 0 aromatic carbocycles. The Morgan fingerprint density at radius 1 is 1.71 bits per heavy atom. The minimum absolute atomic E-state index is 0.873. The third kappa shape index (κ3) is 1.18. The molecule has 2 heteroatoms. The second kappa shape index (κ2) is 1.85. The Morgan fingerprint density at radius 3 is 2.57 bits per heavy atom. The summed E-state index contributed by atoms with van der Waals surface area (Å²) in [5, 5.41) is 2.03. The van der Waals surface area contributed by atoms with Crippen LogP contribution in [0.1, 0.15) is 5.56 Å².